The van der Waals surface area contributed by atoms with Crippen LogP contribution in [0.2, 0.25) is 0 Å². The molecule has 0 spiro atoms. The fourth-order valence-corrected chi connectivity index (χ4v) is 2.61. The van der Waals surface area contributed by atoms with Gasteiger partial charge in [-0.2, -0.15) is 0 Å². The van der Waals surface area contributed by atoms with Gasteiger partial charge in [0.25, 0.3) is 5.91 Å². The van der Waals surface area contributed by atoms with Gasteiger partial charge in [-0.1, -0.05) is 48.0 Å². The van der Waals surface area contributed by atoms with Gasteiger partial charge in [-0.3, -0.25) is 9.59 Å². The summed E-state index contributed by atoms with van der Waals surface area (Å²) in [7, 11) is 0. The molecule has 2 rings (SSSR count). The van der Waals surface area contributed by atoms with Crippen LogP contribution in [0.5, 0.6) is 0 Å². The van der Waals surface area contributed by atoms with E-state index in [2.05, 4.69) is 0 Å². The van der Waals surface area contributed by atoms with Crippen LogP contribution >= 0.6 is 0 Å². The number of hydrogen-bond acceptors (Lipinski definition) is 3. The molecule has 1 N–H and O–H groups in total. The average molecular weight is 325 g/mol. The molecule has 0 saturated carbocycles. The maximum Gasteiger partial charge on any atom is 0.254 e. The molecule has 24 heavy (non-hydrogen) atoms. The zero-order chi connectivity index (χ0) is 17.7. The zero-order valence-corrected chi connectivity index (χ0v) is 14.3. The van der Waals surface area contributed by atoms with E-state index in [1.165, 1.54) is 6.92 Å². The third-order valence-corrected chi connectivity index (χ3v) is 4.06. The van der Waals surface area contributed by atoms with Gasteiger partial charge in [-0.25, -0.2) is 0 Å². The fraction of sp³-hybridized carbons (Fsp3) is 0.300. The number of amides is 1. The molecule has 0 aromatic heterocycles. The molecule has 0 fully saturated rings. The quantitative estimate of drug-likeness (QED) is 0.828. The number of carbonyl (C=O) groups excluding carboxylic acids is 2. The maximum atomic E-state index is 12.8. The van der Waals surface area contributed by atoms with E-state index >= 15 is 0 Å². The zero-order valence-electron chi connectivity index (χ0n) is 14.3. The summed E-state index contributed by atoms with van der Waals surface area (Å²) >= 11 is 0. The predicted octanol–water partition coefficient (Wildman–Crippen LogP) is 3.39. The summed E-state index contributed by atoms with van der Waals surface area (Å²) in [6.45, 7) is 5.93. The second kappa shape index (κ2) is 7.88. The number of ketones is 1. The third kappa shape index (κ3) is 4.09. The summed E-state index contributed by atoms with van der Waals surface area (Å²) in [5, 5.41) is 10.4. The minimum Gasteiger partial charge on any atom is -0.387 e. The van der Waals surface area contributed by atoms with E-state index < -0.39 is 6.10 Å². The molecule has 4 nitrogen and oxygen atoms in total. The monoisotopic (exact) mass is 325 g/mol. The van der Waals surface area contributed by atoms with E-state index in [9.17, 15) is 14.7 Å². The first-order valence-corrected chi connectivity index (χ1v) is 8.08. The van der Waals surface area contributed by atoms with Gasteiger partial charge in [0.05, 0.1) is 18.2 Å². The summed E-state index contributed by atoms with van der Waals surface area (Å²) in [6.07, 6.45) is -0.765. The minimum absolute atomic E-state index is 0.144. The third-order valence-electron chi connectivity index (χ3n) is 4.06. The number of nitrogens with zero attached hydrogens (tertiary/aromatic N) is 1. The van der Waals surface area contributed by atoms with E-state index in [-0.39, 0.29) is 18.2 Å². The van der Waals surface area contributed by atoms with Crippen molar-refractivity contribution in [1.29, 1.82) is 0 Å². The Morgan fingerprint density at radius 1 is 1.04 bits per heavy atom. The highest BCUT2D eigenvalue weighted by Crippen LogP contribution is 2.18. The summed E-state index contributed by atoms with van der Waals surface area (Å²) in [6, 6.07) is 14.4. The molecule has 1 amide bonds. The molecule has 0 radical (unpaired) electrons. The number of aryl methyl sites for hydroxylation is 1. The van der Waals surface area contributed by atoms with Crippen molar-refractivity contribution in [3.8, 4) is 0 Å². The Balaban J connectivity index is 2.20. The van der Waals surface area contributed by atoms with E-state index in [4.69, 9.17) is 0 Å². The normalized spacial score (nSPS) is 11.8. The SMILES string of the molecule is CCN(CC(O)c1ccc(C)cc1)C(=O)c1ccccc1C(C)=O. The van der Waals surface area contributed by atoms with Gasteiger partial charge in [-0.05, 0) is 32.4 Å². The molecule has 0 bridgehead atoms. The van der Waals surface area contributed by atoms with Crippen LogP contribution in [0.4, 0.5) is 0 Å². The highest BCUT2D eigenvalue weighted by Gasteiger charge is 2.22. The van der Waals surface area contributed by atoms with Crippen LogP contribution in [-0.2, 0) is 0 Å². The number of aliphatic hydroxyl groups is 1. The lowest BCUT2D eigenvalue weighted by atomic mass is 10.0. The maximum absolute atomic E-state index is 12.8. The molecule has 4 heteroatoms. The number of Topliss-reactive ketones (excluding diaryl/α,β-unsaturated/α-hetero) is 1. The molecule has 1 unspecified atom stereocenters. The first-order chi connectivity index (χ1) is 11.4. The molecule has 0 aliphatic rings. The smallest absolute Gasteiger partial charge is 0.254 e. The van der Waals surface area contributed by atoms with Gasteiger partial charge in [0.2, 0.25) is 0 Å². The van der Waals surface area contributed by atoms with E-state index in [1.807, 2.05) is 38.1 Å². The van der Waals surface area contributed by atoms with Crippen molar-refractivity contribution in [1.82, 2.24) is 4.90 Å². The van der Waals surface area contributed by atoms with Crippen molar-refractivity contribution in [3.05, 3.63) is 70.8 Å². The van der Waals surface area contributed by atoms with Gasteiger partial charge >= 0.3 is 0 Å². The minimum atomic E-state index is -0.765. The number of likely N-dealkylation sites (N-methyl/N-ethyl adjacent to an activating group) is 1. The van der Waals surface area contributed by atoms with E-state index in [0.717, 1.165) is 11.1 Å². The Kier molecular flexibility index (Phi) is 5.88. The lowest BCUT2D eigenvalue weighted by Crippen LogP contribution is -2.35. The highest BCUT2D eigenvalue weighted by atomic mass is 16.3. The summed E-state index contributed by atoms with van der Waals surface area (Å²) < 4.78 is 0. The van der Waals surface area contributed by atoms with Crippen molar-refractivity contribution >= 4 is 11.7 Å². The van der Waals surface area contributed by atoms with Crippen LogP contribution in [0.15, 0.2) is 48.5 Å². The Morgan fingerprint density at radius 3 is 2.17 bits per heavy atom. The number of carbonyl (C=O) groups is 2. The molecule has 0 aliphatic carbocycles. The van der Waals surface area contributed by atoms with Crippen LogP contribution in [0.3, 0.4) is 0 Å². The van der Waals surface area contributed by atoms with Crippen molar-refractivity contribution in [2.75, 3.05) is 13.1 Å². The summed E-state index contributed by atoms with van der Waals surface area (Å²) in [5.74, 6) is -0.386. The second-order valence-corrected chi connectivity index (χ2v) is 5.87. The van der Waals surface area contributed by atoms with E-state index in [0.29, 0.717) is 17.7 Å². The van der Waals surface area contributed by atoms with Gasteiger partial charge in [0.15, 0.2) is 5.78 Å². The molecule has 2 aromatic carbocycles. The molecule has 126 valence electrons. The highest BCUT2D eigenvalue weighted by molar-refractivity contribution is 6.07. The standard InChI is InChI=1S/C20H23NO3/c1-4-21(13-19(23)16-11-9-14(2)10-12-16)20(24)18-8-6-5-7-17(18)15(3)22/h5-12,19,23H,4,13H2,1-3H3. The Morgan fingerprint density at radius 2 is 1.62 bits per heavy atom. The first kappa shape index (κ1) is 17.9. The molecule has 0 aliphatic heterocycles. The Hall–Kier alpha value is -2.46. The molecular weight excluding hydrogens is 302 g/mol. The van der Waals surface area contributed by atoms with Crippen LogP contribution < -0.4 is 0 Å². The largest absolute Gasteiger partial charge is 0.387 e. The Bertz CT molecular complexity index is 722. The number of hydrogen-bond donors (Lipinski definition) is 1. The molecule has 2 aromatic rings. The van der Waals surface area contributed by atoms with Crippen LogP contribution in [-0.4, -0.2) is 34.8 Å². The van der Waals surface area contributed by atoms with Crippen molar-refractivity contribution in [2.45, 2.75) is 26.9 Å². The van der Waals surface area contributed by atoms with Crippen molar-refractivity contribution in [2.24, 2.45) is 0 Å². The lowest BCUT2D eigenvalue weighted by Gasteiger charge is -2.25. The van der Waals surface area contributed by atoms with Crippen LogP contribution in [0.25, 0.3) is 0 Å². The van der Waals surface area contributed by atoms with Gasteiger partial charge in [0, 0.05) is 12.1 Å². The molecular formula is C20H23NO3. The number of aliphatic hydroxyl groups excluding tert-OH is 1. The van der Waals surface area contributed by atoms with E-state index in [1.54, 1.807) is 29.2 Å². The van der Waals surface area contributed by atoms with Crippen LogP contribution in [0.1, 0.15) is 51.8 Å². The lowest BCUT2D eigenvalue weighted by molar-refractivity contribution is 0.0632. The number of benzene rings is 2. The topological polar surface area (TPSA) is 57.6 Å². The van der Waals surface area contributed by atoms with Crippen molar-refractivity contribution in [3.63, 3.8) is 0 Å². The average Bonchev–Trinajstić information content (AvgIpc) is 2.59. The molecule has 0 heterocycles. The van der Waals surface area contributed by atoms with Gasteiger partial charge in [-0.15, -0.1) is 0 Å². The predicted molar refractivity (Wildman–Crippen MR) is 94.2 cm³/mol. The Labute approximate surface area is 142 Å². The molecule has 0 saturated heterocycles. The van der Waals surface area contributed by atoms with Gasteiger partial charge in [0.1, 0.15) is 0 Å². The summed E-state index contributed by atoms with van der Waals surface area (Å²) in [5.41, 5.74) is 2.67. The first-order valence-electron chi connectivity index (χ1n) is 8.08. The summed E-state index contributed by atoms with van der Waals surface area (Å²) in [4.78, 5) is 26.1. The second-order valence-electron chi connectivity index (χ2n) is 5.87. The number of rotatable bonds is 6. The van der Waals surface area contributed by atoms with Crippen molar-refractivity contribution < 1.29 is 14.7 Å². The molecule has 1 atom stereocenters. The fourth-order valence-electron chi connectivity index (χ4n) is 2.61. The van der Waals surface area contributed by atoms with Crippen LogP contribution in [0, 0.1) is 6.92 Å². The van der Waals surface area contributed by atoms with Gasteiger partial charge < -0.3 is 10.0 Å².